The number of fused-ring (bicyclic) bond motifs is 1. The number of hydrogen-bond acceptors (Lipinski definition) is 7. The van der Waals surface area contributed by atoms with E-state index in [1.165, 1.54) is 19.1 Å². The summed E-state index contributed by atoms with van der Waals surface area (Å²) in [6.45, 7) is 0.124. The molecule has 1 aliphatic rings. The summed E-state index contributed by atoms with van der Waals surface area (Å²) in [5.41, 5.74) is 8.57. The van der Waals surface area contributed by atoms with E-state index in [2.05, 4.69) is 4.99 Å². The van der Waals surface area contributed by atoms with E-state index >= 15 is 0 Å². The fourth-order valence-electron chi connectivity index (χ4n) is 4.82. The van der Waals surface area contributed by atoms with Crippen LogP contribution in [0.5, 0.6) is 11.5 Å². The van der Waals surface area contributed by atoms with Crippen molar-refractivity contribution in [2.45, 2.75) is 38.1 Å². The number of hydrogen-bond donors (Lipinski definition) is 1. The van der Waals surface area contributed by atoms with Gasteiger partial charge >= 0.3 is 0 Å². The summed E-state index contributed by atoms with van der Waals surface area (Å²) in [5, 5.41) is 0. The van der Waals surface area contributed by atoms with Gasteiger partial charge in [-0.3, -0.25) is 29.1 Å². The zero-order valence-corrected chi connectivity index (χ0v) is 23.2. The molecule has 0 bridgehead atoms. The fourth-order valence-corrected chi connectivity index (χ4v) is 4.82. The Hall–Kier alpha value is -4.79. The van der Waals surface area contributed by atoms with E-state index in [-0.39, 0.29) is 55.0 Å². The Kier molecular flexibility index (Phi) is 9.63. The maximum absolute atomic E-state index is 13.3. The summed E-state index contributed by atoms with van der Waals surface area (Å²) >= 11 is 0. The number of carbonyl (C=O) groups is 4. The van der Waals surface area contributed by atoms with E-state index in [0.29, 0.717) is 35.5 Å². The van der Waals surface area contributed by atoms with Gasteiger partial charge in [0.05, 0.1) is 31.8 Å². The largest absolute Gasteiger partial charge is 0.493 e. The van der Waals surface area contributed by atoms with Crippen LogP contribution in [0.3, 0.4) is 0 Å². The quantitative estimate of drug-likeness (QED) is 0.182. The molecule has 1 aliphatic heterocycles. The van der Waals surface area contributed by atoms with Gasteiger partial charge in [0.1, 0.15) is 17.7 Å². The van der Waals surface area contributed by atoms with Crippen molar-refractivity contribution in [2.24, 2.45) is 10.7 Å². The molecule has 0 saturated heterocycles. The summed E-state index contributed by atoms with van der Waals surface area (Å²) in [4.78, 5) is 57.0. The Balaban J connectivity index is 1.39. The summed E-state index contributed by atoms with van der Waals surface area (Å²) in [6, 6.07) is 20.6. The van der Waals surface area contributed by atoms with E-state index in [0.717, 1.165) is 11.1 Å². The number of amides is 2. The van der Waals surface area contributed by atoms with Crippen molar-refractivity contribution < 1.29 is 28.7 Å². The molecule has 0 radical (unpaired) electrons. The molecule has 4 rings (SSSR count). The number of Topliss-reactive ketones (excluding diaryl/α,β-unsaturated/α-hetero) is 2. The maximum Gasteiger partial charge on any atom is 0.261 e. The summed E-state index contributed by atoms with van der Waals surface area (Å²) in [5.74, 6) is 0.119. The molecule has 9 nitrogen and oxygen atoms in total. The zero-order valence-electron chi connectivity index (χ0n) is 23.2. The summed E-state index contributed by atoms with van der Waals surface area (Å²) in [6.07, 6.45) is 0.720. The Morgan fingerprint density at radius 2 is 1.49 bits per heavy atom. The van der Waals surface area contributed by atoms with Crippen LogP contribution >= 0.6 is 0 Å². The number of ether oxygens (including phenoxy) is 2. The highest BCUT2D eigenvalue weighted by molar-refractivity contribution is 6.21. The predicted molar refractivity (Wildman–Crippen MR) is 154 cm³/mol. The molecule has 0 aliphatic carbocycles. The van der Waals surface area contributed by atoms with Crippen molar-refractivity contribution in [1.29, 1.82) is 0 Å². The lowest BCUT2D eigenvalue weighted by atomic mass is 9.99. The minimum absolute atomic E-state index is 0.0742. The van der Waals surface area contributed by atoms with E-state index < -0.39 is 6.04 Å². The normalized spacial score (nSPS) is 13.6. The number of benzene rings is 3. The number of nitrogens with zero attached hydrogens (tertiary/aromatic N) is 2. The van der Waals surface area contributed by atoms with Crippen molar-refractivity contribution in [2.75, 3.05) is 20.8 Å². The molecule has 212 valence electrons. The predicted octanol–water partition coefficient (Wildman–Crippen LogP) is 3.82. The first-order chi connectivity index (χ1) is 19.8. The highest BCUT2D eigenvalue weighted by Gasteiger charge is 2.34. The van der Waals surface area contributed by atoms with Crippen molar-refractivity contribution in [3.05, 3.63) is 95.1 Å². The second kappa shape index (κ2) is 13.5. The van der Waals surface area contributed by atoms with Crippen LogP contribution in [0, 0.1) is 0 Å². The minimum atomic E-state index is -0.798. The highest BCUT2D eigenvalue weighted by Crippen LogP contribution is 2.28. The Morgan fingerprint density at radius 1 is 0.854 bits per heavy atom. The second-order valence-electron chi connectivity index (χ2n) is 9.78. The maximum atomic E-state index is 13.3. The molecule has 0 saturated carbocycles. The van der Waals surface area contributed by atoms with Gasteiger partial charge in [0, 0.05) is 25.8 Å². The third kappa shape index (κ3) is 7.25. The number of ketones is 2. The molecule has 3 aromatic carbocycles. The van der Waals surface area contributed by atoms with Crippen molar-refractivity contribution in [3.63, 3.8) is 0 Å². The van der Waals surface area contributed by atoms with E-state index in [1.807, 2.05) is 30.3 Å². The van der Waals surface area contributed by atoms with Gasteiger partial charge < -0.3 is 15.2 Å². The van der Waals surface area contributed by atoms with Crippen LogP contribution in [0.2, 0.25) is 0 Å². The van der Waals surface area contributed by atoms with Gasteiger partial charge in [0.2, 0.25) is 0 Å². The average Bonchev–Trinajstić information content (AvgIpc) is 3.22. The number of carbonyl (C=O) groups excluding carboxylic acids is 4. The molecule has 2 N–H and O–H groups in total. The summed E-state index contributed by atoms with van der Waals surface area (Å²) < 4.78 is 10.5. The lowest BCUT2D eigenvalue weighted by molar-refractivity contribution is -0.120. The Bertz CT molecular complexity index is 1430. The van der Waals surface area contributed by atoms with Crippen LogP contribution in [0.25, 0.3) is 0 Å². The van der Waals surface area contributed by atoms with Crippen LogP contribution in [0.1, 0.15) is 51.1 Å². The van der Waals surface area contributed by atoms with Gasteiger partial charge in [-0.05, 0) is 41.8 Å². The van der Waals surface area contributed by atoms with Gasteiger partial charge in [-0.1, -0.05) is 48.5 Å². The fraction of sp³-hybridized carbons (Fsp3) is 0.281. The van der Waals surface area contributed by atoms with Crippen molar-refractivity contribution in [1.82, 2.24) is 4.90 Å². The zero-order chi connectivity index (χ0) is 29.4. The molecular formula is C32H33N3O6. The van der Waals surface area contributed by atoms with Gasteiger partial charge in [0.15, 0.2) is 17.3 Å². The molecule has 9 heteroatoms. The van der Waals surface area contributed by atoms with Crippen LogP contribution in [-0.2, 0) is 22.4 Å². The number of aliphatic imine (C=N–C) groups is 1. The van der Waals surface area contributed by atoms with Gasteiger partial charge in [0.25, 0.3) is 11.8 Å². The Labute approximate surface area is 239 Å². The molecular weight excluding hydrogens is 522 g/mol. The SMILES string of the molecule is COc1ccc(CC(=O)CC(N)=N[C@@H](Cc2ccccc2)C(=O)CCCN2C(=O)c3ccccc3C2=O)cc1OC. The van der Waals surface area contributed by atoms with E-state index in [4.69, 9.17) is 15.2 Å². The third-order valence-electron chi connectivity index (χ3n) is 6.88. The number of nitrogens with two attached hydrogens (primary N) is 1. The van der Waals surface area contributed by atoms with Gasteiger partial charge in [-0.2, -0.15) is 0 Å². The van der Waals surface area contributed by atoms with Crippen LogP contribution < -0.4 is 15.2 Å². The molecule has 2 amide bonds. The van der Waals surface area contributed by atoms with Gasteiger partial charge in [-0.25, -0.2) is 0 Å². The molecule has 3 aromatic rings. The average molecular weight is 556 g/mol. The first-order valence-corrected chi connectivity index (χ1v) is 13.4. The number of imide groups is 1. The molecule has 0 unspecified atom stereocenters. The number of methoxy groups -OCH3 is 2. The third-order valence-corrected chi connectivity index (χ3v) is 6.88. The number of rotatable bonds is 14. The molecule has 0 aromatic heterocycles. The Morgan fingerprint density at radius 3 is 2.12 bits per heavy atom. The van der Waals surface area contributed by atoms with Crippen LogP contribution in [0.15, 0.2) is 77.8 Å². The second-order valence-corrected chi connectivity index (χ2v) is 9.78. The van der Waals surface area contributed by atoms with E-state index in [9.17, 15) is 19.2 Å². The monoisotopic (exact) mass is 555 g/mol. The minimum Gasteiger partial charge on any atom is -0.493 e. The first-order valence-electron chi connectivity index (χ1n) is 13.4. The molecule has 1 heterocycles. The molecule has 41 heavy (non-hydrogen) atoms. The topological polar surface area (TPSA) is 128 Å². The van der Waals surface area contributed by atoms with E-state index in [1.54, 1.807) is 42.5 Å². The molecule has 0 spiro atoms. The van der Waals surface area contributed by atoms with Crippen LogP contribution in [-0.4, -0.2) is 60.9 Å². The highest BCUT2D eigenvalue weighted by atomic mass is 16.5. The smallest absolute Gasteiger partial charge is 0.261 e. The lowest BCUT2D eigenvalue weighted by Crippen LogP contribution is -2.32. The van der Waals surface area contributed by atoms with Crippen LogP contribution in [0.4, 0.5) is 0 Å². The number of amidine groups is 1. The van der Waals surface area contributed by atoms with Crippen molar-refractivity contribution in [3.8, 4) is 11.5 Å². The first kappa shape index (κ1) is 29.2. The van der Waals surface area contributed by atoms with Crippen molar-refractivity contribution >= 4 is 29.2 Å². The van der Waals surface area contributed by atoms with Gasteiger partial charge in [-0.15, -0.1) is 0 Å². The molecule has 0 fully saturated rings. The lowest BCUT2D eigenvalue weighted by Gasteiger charge is -2.16. The molecule has 1 atom stereocenters. The summed E-state index contributed by atoms with van der Waals surface area (Å²) in [7, 11) is 3.06. The standard InChI is InChI=1S/C32H33N3O6/c1-40-28-15-14-22(19-29(28)41-2)17-23(36)20-30(33)34-26(18-21-9-4-3-5-10-21)27(37)13-8-16-35-31(38)24-11-6-7-12-25(24)32(35)39/h3-7,9-12,14-15,19,26H,8,13,16-18,20H2,1-2H3,(H2,33,34)/t26-/m0/s1.